The third kappa shape index (κ3) is 7.58. The second-order valence-corrected chi connectivity index (χ2v) is 18.6. The van der Waals surface area contributed by atoms with E-state index in [1.807, 2.05) is 0 Å². The average molecular weight is 885 g/mol. The number of thiophene rings is 3. The lowest BCUT2D eigenvalue weighted by Gasteiger charge is -2.15. The third-order valence-electron chi connectivity index (χ3n) is 11.8. The third-order valence-corrected chi connectivity index (χ3v) is 15.4. The molecule has 11 rings (SSSR count). The average Bonchev–Trinajstić information content (AvgIpc) is 4.05. The van der Waals surface area contributed by atoms with E-state index < -0.39 is 0 Å². The molecule has 63 heavy (non-hydrogen) atoms. The summed E-state index contributed by atoms with van der Waals surface area (Å²) in [7, 11) is 0. The SMILES string of the molecule is Cc1csc(-c2ccc(-c3scc(C)c3OCCOCCOc3ccc4ccc5cccc6ccc3c4c56)s2)c1OCCOCCOc1ccc2ccc3cccc4ccc1c2c34. The summed E-state index contributed by atoms with van der Waals surface area (Å²) in [6.45, 7) is 7.94. The van der Waals surface area contributed by atoms with Gasteiger partial charge in [-0.05, 0) is 104 Å². The van der Waals surface area contributed by atoms with E-state index in [0.717, 1.165) is 54.7 Å². The summed E-state index contributed by atoms with van der Waals surface area (Å²) >= 11 is 5.19. The molecule has 3 aromatic heterocycles. The predicted molar refractivity (Wildman–Crippen MR) is 264 cm³/mol. The number of hydrogen-bond acceptors (Lipinski definition) is 9. The van der Waals surface area contributed by atoms with Crippen LogP contribution in [0.4, 0.5) is 0 Å². The normalized spacial score (nSPS) is 12.0. The summed E-state index contributed by atoms with van der Waals surface area (Å²) < 4.78 is 37.2. The quantitative estimate of drug-likeness (QED) is 0.0632. The summed E-state index contributed by atoms with van der Waals surface area (Å²) in [5.74, 6) is 3.60. The Morgan fingerprint density at radius 1 is 0.365 bits per heavy atom. The molecule has 8 aromatic carbocycles. The minimum atomic E-state index is 0.456. The molecule has 0 aliphatic carbocycles. The molecule has 9 heteroatoms. The summed E-state index contributed by atoms with van der Waals surface area (Å²) in [5, 5.41) is 19.1. The number of rotatable bonds is 18. The van der Waals surface area contributed by atoms with Gasteiger partial charge in [-0.1, -0.05) is 84.9 Å². The first-order valence-electron chi connectivity index (χ1n) is 21.4. The van der Waals surface area contributed by atoms with Crippen LogP contribution in [-0.2, 0) is 9.47 Å². The minimum absolute atomic E-state index is 0.456. The van der Waals surface area contributed by atoms with E-state index >= 15 is 0 Å². The Balaban J connectivity index is 0.652. The molecule has 6 nitrogen and oxygen atoms in total. The summed E-state index contributed by atoms with van der Waals surface area (Å²) in [6.07, 6.45) is 0. The molecule has 0 saturated carbocycles. The molecule has 0 radical (unpaired) electrons. The largest absolute Gasteiger partial charge is 0.491 e. The van der Waals surface area contributed by atoms with Crippen LogP contribution < -0.4 is 18.9 Å². The highest BCUT2D eigenvalue weighted by molar-refractivity contribution is 7.26. The lowest BCUT2D eigenvalue weighted by Crippen LogP contribution is -2.12. The molecule has 0 atom stereocenters. The maximum Gasteiger partial charge on any atom is 0.141 e. The van der Waals surface area contributed by atoms with Crippen LogP contribution in [0.2, 0.25) is 0 Å². The topological polar surface area (TPSA) is 55.4 Å². The van der Waals surface area contributed by atoms with E-state index in [1.165, 1.54) is 63.6 Å². The van der Waals surface area contributed by atoms with E-state index in [-0.39, 0.29) is 0 Å². The van der Waals surface area contributed by atoms with Crippen molar-refractivity contribution in [1.29, 1.82) is 0 Å². The molecule has 0 spiro atoms. The monoisotopic (exact) mass is 884 g/mol. The zero-order valence-electron chi connectivity index (χ0n) is 35.0. The molecule has 0 amide bonds. The standard InChI is InChI=1S/C54H44O6S3/c1-33-31-61-53(51(33)59-29-25-55-23-27-57-43-19-15-39-11-9-35-5-3-7-37-13-17-41(43)49(39)47(35)37)45-21-22-46(63-45)54-52(34(2)32-62-54)60-30-26-56-24-28-58-44-20-16-40-12-10-36-6-4-8-38-14-18-42(44)50(40)48(36)38/h3-22,31-32H,23-30H2,1-2H3. The lowest BCUT2D eigenvalue weighted by atomic mass is 9.94. The van der Waals surface area contributed by atoms with Crippen molar-refractivity contribution in [2.45, 2.75) is 13.8 Å². The van der Waals surface area contributed by atoms with Crippen molar-refractivity contribution in [2.75, 3.05) is 52.9 Å². The number of hydrogen-bond donors (Lipinski definition) is 0. The van der Waals surface area contributed by atoms with Crippen LogP contribution in [0.5, 0.6) is 23.0 Å². The van der Waals surface area contributed by atoms with Crippen LogP contribution in [-0.4, -0.2) is 52.9 Å². The molecule has 0 N–H and O–H groups in total. The van der Waals surface area contributed by atoms with Crippen LogP contribution in [0.25, 0.3) is 84.1 Å². The van der Waals surface area contributed by atoms with Crippen molar-refractivity contribution in [3.63, 3.8) is 0 Å². The fourth-order valence-corrected chi connectivity index (χ4v) is 12.1. The van der Waals surface area contributed by atoms with E-state index in [2.05, 4.69) is 146 Å². The Hall–Kier alpha value is -5.94. The molecule has 0 unspecified atom stereocenters. The fourth-order valence-electron chi connectivity index (χ4n) is 8.85. The Morgan fingerprint density at radius 3 is 1.16 bits per heavy atom. The predicted octanol–water partition coefficient (Wildman–Crippen LogP) is 14.6. The first-order valence-corrected chi connectivity index (χ1v) is 23.9. The smallest absolute Gasteiger partial charge is 0.141 e. The van der Waals surface area contributed by atoms with Gasteiger partial charge in [-0.2, -0.15) is 0 Å². The van der Waals surface area contributed by atoms with Crippen molar-refractivity contribution >= 4 is 98.6 Å². The van der Waals surface area contributed by atoms with E-state index in [9.17, 15) is 0 Å². The molecule has 3 heterocycles. The summed E-state index contributed by atoms with van der Waals surface area (Å²) in [5.41, 5.74) is 2.25. The molecule has 0 aliphatic heterocycles. The van der Waals surface area contributed by atoms with Crippen molar-refractivity contribution in [1.82, 2.24) is 0 Å². The van der Waals surface area contributed by atoms with Gasteiger partial charge in [-0.3, -0.25) is 0 Å². The molecule has 0 fully saturated rings. The number of ether oxygens (including phenoxy) is 6. The first kappa shape index (κ1) is 39.9. The van der Waals surface area contributed by atoms with Crippen molar-refractivity contribution in [2.24, 2.45) is 0 Å². The molecule has 0 saturated heterocycles. The van der Waals surface area contributed by atoms with E-state index in [4.69, 9.17) is 28.4 Å². The molecular formula is C54H44O6S3. The van der Waals surface area contributed by atoms with Crippen molar-refractivity contribution in [3.05, 3.63) is 143 Å². The molecule has 11 aromatic rings. The van der Waals surface area contributed by atoms with Gasteiger partial charge in [0.05, 0.1) is 36.2 Å². The van der Waals surface area contributed by atoms with Crippen LogP contribution >= 0.6 is 34.0 Å². The maximum absolute atomic E-state index is 6.36. The van der Waals surface area contributed by atoms with Gasteiger partial charge in [-0.15, -0.1) is 34.0 Å². The number of benzene rings is 8. The van der Waals surface area contributed by atoms with Crippen LogP contribution in [0.3, 0.4) is 0 Å². The Kier molecular flexibility index (Phi) is 11.0. The first-order chi connectivity index (χ1) is 31.1. The van der Waals surface area contributed by atoms with Gasteiger partial charge in [0.2, 0.25) is 0 Å². The van der Waals surface area contributed by atoms with Gasteiger partial charge < -0.3 is 28.4 Å². The Labute approximate surface area is 377 Å². The van der Waals surface area contributed by atoms with Crippen LogP contribution in [0, 0.1) is 13.8 Å². The lowest BCUT2D eigenvalue weighted by molar-refractivity contribution is 0.0769. The van der Waals surface area contributed by atoms with E-state index in [1.54, 1.807) is 34.0 Å². The molecular weight excluding hydrogens is 841 g/mol. The fraction of sp³-hybridized carbons (Fsp3) is 0.185. The Bertz CT molecular complexity index is 3110. The van der Waals surface area contributed by atoms with Gasteiger partial charge in [-0.25, -0.2) is 0 Å². The maximum atomic E-state index is 6.36. The van der Waals surface area contributed by atoms with Crippen LogP contribution in [0.1, 0.15) is 11.1 Å². The Morgan fingerprint density at radius 2 is 0.730 bits per heavy atom. The zero-order valence-corrected chi connectivity index (χ0v) is 37.5. The summed E-state index contributed by atoms with van der Waals surface area (Å²) in [6, 6.07) is 43.2. The minimum Gasteiger partial charge on any atom is -0.491 e. The molecule has 0 aliphatic rings. The molecule has 0 bridgehead atoms. The second-order valence-electron chi connectivity index (χ2n) is 15.8. The van der Waals surface area contributed by atoms with E-state index in [0.29, 0.717) is 52.9 Å². The van der Waals surface area contributed by atoms with Gasteiger partial charge >= 0.3 is 0 Å². The highest BCUT2D eigenvalue weighted by atomic mass is 32.1. The number of aryl methyl sites for hydroxylation is 2. The zero-order chi connectivity index (χ0) is 42.3. The second kappa shape index (κ2) is 17.3. The van der Waals surface area contributed by atoms with Crippen molar-refractivity contribution < 1.29 is 28.4 Å². The molecule has 314 valence electrons. The van der Waals surface area contributed by atoms with Gasteiger partial charge in [0.15, 0.2) is 0 Å². The van der Waals surface area contributed by atoms with Crippen molar-refractivity contribution in [3.8, 4) is 42.5 Å². The highest BCUT2D eigenvalue weighted by Gasteiger charge is 2.19. The van der Waals surface area contributed by atoms with Gasteiger partial charge in [0.1, 0.15) is 49.4 Å². The highest BCUT2D eigenvalue weighted by Crippen LogP contribution is 2.48. The van der Waals surface area contributed by atoms with Gasteiger partial charge in [0.25, 0.3) is 0 Å². The van der Waals surface area contributed by atoms with Crippen LogP contribution in [0.15, 0.2) is 132 Å². The van der Waals surface area contributed by atoms with Gasteiger partial charge in [0, 0.05) is 42.4 Å². The summed E-state index contributed by atoms with van der Waals surface area (Å²) in [4.78, 5) is 4.61.